The maximum Gasteiger partial charge on any atom is 0.143 e. The second kappa shape index (κ2) is 6.44. The van der Waals surface area contributed by atoms with Gasteiger partial charge in [-0.2, -0.15) is 0 Å². The predicted octanol–water partition coefficient (Wildman–Crippen LogP) is 5.17. The fourth-order valence-corrected chi connectivity index (χ4v) is 3.68. The van der Waals surface area contributed by atoms with E-state index in [2.05, 4.69) is 4.98 Å². The molecule has 1 aliphatic rings. The lowest BCUT2D eigenvalue weighted by molar-refractivity contribution is 0.617. The molecule has 0 N–H and O–H groups in total. The van der Waals surface area contributed by atoms with Crippen LogP contribution in [0.2, 0.25) is 0 Å². The highest BCUT2D eigenvalue weighted by Gasteiger charge is 2.44. The molecule has 0 aromatic carbocycles. The van der Waals surface area contributed by atoms with E-state index in [-0.39, 0.29) is 23.5 Å². The van der Waals surface area contributed by atoms with Gasteiger partial charge in [-0.05, 0) is 32.4 Å². The molecule has 140 valence electrons. The Morgan fingerprint density at radius 1 is 1.04 bits per heavy atom. The molecule has 4 aromatic heterocycles. The minimum atomic E-state index is -0.286. The molecule has 6 heteroatoms. The molecule has 1 fully saturated rings. The Morgan fingerprint density at radius 3 is 2.59 bits per heavy atom. The van der Waals surface area contributed by atoms with Crippen LogP contribution in [0.1, 0.15) is 54.7 Å². The van der Waals surface area contributed by atoms with Crippen molar-refractivity contribution in [2.75, 3.05) is 0 Å². The number of rotatable bonds is 2. The first-order chi connectivity index (χ1) is 13.0. The molecule has 5 rings (SSSR count). The summed E-state index contributed by atoms with van der Waals surface area (Å²) in [5.74, 6) is 0.0262. The second-order valence-corrected chi connectivity index (χ2v) is 6.79. The fourth-order valence-electron chi connectivity index (χ4n) is 3.68. The van der Waals surface area contributed by atoms with Crippen molar-refractivity contribution >= 4 is 11.3 Å². The Hall–Kier alpha value is -2.76. The molecule has 0 amide bonds. The zero-order chi connectivity index (χ0) is 19.3. The van der Waals surface area contributed by atoms with E-state index in [0.717, 1.165) is 23.5 Å². The molecule has 4 aromatic rings. The van der Waals surface area contributed by atoms with Crippen molar-refractivity contribution in [2.24, 2.45) is 0 Å². The van der Waals surface area contributed by atoms with Crippen LogP contribution in [-0.2, 0) is 0 Å². The number of pyridine rings is 2. The standard InChI is InChI=1S/C19H16F2N4.C2H6/c1-10-15(21)4-6-25-11(2)18(23-19(10)25)14-8-13(14)16-9-24-5-3-12(20)7-17(24)22-16;1-2/h3-7,9,13-14H,8H2,1-2H3;1-2H3. The van der Waals surface area contributed by atoms with E-state index in [0.29, 0.717) is 16.9 Å². The van der Waals surface area contributed by atoms with Crippen molar-refractivity contribution in [1.29, 1.82) is 0 Å². The molecular formula is C21H22F2N4. The van der Waals surface area contributed by atoms with Crippen LogP contribution in [0.4, 0.5) is 8.78 Å². The zero-order valence-electron chi connectivity index (χ0n) is 15.9. The first kappa shape index (κ1) is 17.6. The molecule has 27 heavy (non-hydrogen) atoms. The van der Waals surface area contributed by atoms with Crippen molar-refractivity contribution < 1.29 is 8.78 Å². The Labute approximate surface area is 156 Å². The van der Waals surface area contributed by atoms with Gasteiger partial charge in [0.25, 0.3) is 0 Å². The summed E-state index contributed by atoms with van der Waals surface area (Å²) < 4.78 is 30.9. The van der Waals surface area contributed by atoms with Crippen LogP contribution in [0.25, 0.3) is 11.3 Å². The van der Waals surface area contributed by atoms with Crippen molar-refractivity contribution in [2.45, 2.75) is 46.0 Å². The van der Waals surface area contributed by atoms with Gasteiger partial charge in [0, 0.05) is 47.8 Å². The van der Waals surface area contributed by atoms with Crippen LogP contribution in [0.3, 0.4) is 0 Å². The summed E-state index contributed by atoms with van der Waals surface area (Å²) in [5, 5.41) is 0. The number of nitrogens with zero attached hydrogens (tertiary/aromatic N) is 4. The molecule has 2 unspecified atom stereocenters. The third-order valence-corrected chi connectivity index (χ3v) is 5.21. The van der Waals surface area contributed by atoms with Crippen molar-refractivity contribution in [3.8, 4) is 0 Å². The van der Waals surface area contributed by atoms with Crippen LogP contribution in [0.15, 0.2) is 36.8 Å². The first-order valence-corrected chi connectivity index (χ1v) is 9.31. The van der Waals surface area contributed by atoms with Gasteiger partial charge in [0.1, 0.15) is 22.9 Å². The first-order valence-electron chi connectivity index (χ1n) is 9.31. The highest BCUT2D eigenvalue weighted by Crippen LogP contribution is 2.54. The summed E-state index contributed by atoms with van der Waals surface area (Å²) in [6, 6.07) is 4.33. The number of hydrogen-bond donors (Lipinski definition) is 0. The summed E-state index contributed by atoms with van der Waals surface area (Å²) in [5.41, 5.74) is 4.86. The van der Waals surface area contributed by atoms with Crippen LogP contribution < -0.4 is 0 Å². The summed E-state index contributed by atoms with van der Waals surface area (Å²) >= 11 is 0. The number of aromatic nitrogens is 4. The van der Waals surface area contributed by atoms with E-state index in [1.54, 1.807) is 19.3 Å². The number of hydrogen-bond acceptors (Lipinski definition) is 2. The lowest BCUT2D eigenvalue weighted by atomic mass is 10.2. The molecule has 0 saturated heterocycles. The molecule has 4 nitrogen and oxygen atoms in total. The highest BCUT2D eigenvalue weighted by atomic mass is 19.1. The van der Waals surface area contributed by atoms with Crippen molar-refractivity contribution in [3.05, 3.63) is 71.1 Å². The Balaban J connectivity index is 0.000000872. The average molecular weight is 368 g/mol. The summed E-state index contributed by atoms with van der Waals surface area (Å²) in [6.07, 6.45) is 6.32. The summed E-state index contributed by atoms with van der Waals surface area (Å²) in [4.78, 5) is 9.26. The lowest BCUT2D eigenvalue weighted by Crippen LogP contribution is -1.93. The van der Waals surface area contributed by atoms with Gasteiger partial charge in [0.05, 0.1) is 11.4 Å². The van der Waals surface area contributed by atoms with Crippen molar-refractivity contribution in [1.82, 2.24) is 18.8 Å². The van der Waals surface area contributed by atoms with E-state index < -0.39 is 0 Å². The smallest absolute Gasteiger partial charge is 0.143 e. The summed E-state index contributed by atoms with van der Waals surface area (Å²) in [7, 11) is 0. The van der Waals surface area contributed by atoms with Gasteiger partial charge in [0.15, 0.2) is 0 Å². The molecule has 0 aliphatic heterocycles. The monoisotopic (exact) mass is 368 g/mol. The number of halogens is 2. The van der Waals surface area contributed by atoms with Gasteiger partial charge in [-0.1, -0.05) is 13.8 Å². The molecule has 1 saturated carbocycles. The van der Waals surface area contributed by atoms with Gasteiger partial charge < -0.3 is 8.80 Å². The maximum atomic E-state index is 13.8. The summed E-state index contributed by atoms with van der Waals surface area (Å²) in [6.45, 7) is 7.77. The number of imidazole rings is 2. The van der Waals surface area contributed by atoms with Crippen LogP contribution >= 0.6 is 0 Å². The zero-order valence-corrected chi connectivity index (χ0v) is 15.9. The van der Waals surface area contributed by atoms with Gasteiger partial charge >= 0.3 is 0 Å². The third kappa shape index (κ3) is 2.80. The van der Waals surface area contributed by atoms with E-state index in [1.165, 1.54) is 18.2 Å². The molecule has 0 radical (unpaired) electrons. The third-order valence-electron chi connectivity index (χ3n) is 5.21. The SMILES string of the molecule is CC.Cc1c(F)ccn2c(C)c(C3CC3c3cn4ccc(F)cc4n3)nc12. The minimum absolute atomic E-state index is 0.237. The normalized spacial score (nSPS) is 18.6. The minimum Gasteiger partial charge on any atom is -0.307 e. The molecule has 0 bridgehead atoms. The fraction of sp³-hybridized carbons (Fsp3) is 0.333. The van der Waals surface area contributed by atoms with Gasteiger partial charge in [-0.25, -0.2) is 18.7 Å². The number of fused-ring (bicyclic) bond motifs is 2. The average Bonchev–Trinajstić information content (AvgIpc) is 3.23. The lowest BCUT2D eigenvalue weighted by Gasteiger charge is -2.00. The second-order valence-electron chi connectivity index (χ2n) is 6.79. The molecule has 0 spiro atoms. The van der Waals surface area contributed by atoms with Crippen LogP contribution in [0, 0.1) is 25.5 Å². The Kier molecular flexibility index (Phi) is 4.21. The molecule has 2 atom stereocenters. The van der Waals surface area contributed by atoms with E-state index in [1.807, 2.05) is 35.8 Å². The number of aryl methyl sites for hydroxylation is 2. The predicted molar refractivity (Wildman–Crippen MR) is 101 cm³/mol. The van der Waals surface area contributed by atoms with E-state index in [9.17, 15) is 8.78 Å². The van der Waals surface area contributed by atoms with Gasteiger partial charge in [-0.15, -0.1) is 0 Å². The Bertz CT molecular complexity index is 1140. The Morgan fingerprint density at radius 2 is 1.81 bits per heavy atom. The van der Waals surface area contributed by atoms with Crippen LogP contribution in [-0.4, -0.2) is 18.8 Å². The molecular weight excluding hydrogens is 346 g/mol. The van der Waals surface area contributed by atoms with Gasteiger partial charge in [-0.3, -0.25) is 0 Å². The quantitative estimate of drug-likeness (QED) is 0.489. The largest absolute Gasteiger partial charge is 0.307 e. The topological polar surface area (TPSA) is 34.6 Å². The van der Waals surface area contributed by atoms with E-state index >= 15 is 0 Å². The maximum absolute atomic E-state index is 13.8. The highest BCUT2D eigenvalue weighted by molar-refractivity contribution is 5.53. The molecule has 4 heterocycles. The van der Waals surface area contributed by atoms with Gasteiger partial charge in [0.2, 0.25) is 0 Å². The molecule has 1 aliphatic carbocycles. The van der Waals surface area contributed by atoms with Crippen LogP contribution in [0.5, 0.6) is 0 Å². The van der Waals surface area contributed by atoms with E-state index in [4.69, 9.17) is 4.98 Å². The van der Waals surface area contributed by atoms with Crippen molar-refractivity contribution in [3.63, 3.8) is 0 Å².